The third kappa shape index (κ3) is 4.19. The van der Waals surface area contributed by atoms with Gasteiger partial charge < -0.3 is 19.9 Å². The fraction of sp³-hybridized carbons (Fsp3) is 0.333. The van der Waals surface area contributed by atoms with Gasteiger partial charge >= 0.3 is 6.09 Å². The molecule has 2 heterocycles. The lowest BCUT2D eigenvalue weighted by atomic mass is 10.2. The zero-order chi connectivity index (χ0) is 18.4. The van der Waals surface area contributed by atoms with Gasteiger partial charge in [0.15, 0.2) is 0 Å². The number of nitriles is 1. The molecule has 0 bridgehead atoms. The summed E-state index contributed by atoms with van der Waals surface area (Å²) in [7, 11) is 0. The molecule has 0 spiro atoms. The third-order valence-electron chi connectivity index (χ3n) is 4.02. The Kier molecular flexibility index (Phi) is 5.49. The zero-order valence-electron chi connectivity index (χ0n) is 14.6. The van der Waals surface area contributed by atoms with Gasteiger partial charge in [-0.15, -0.1) is 0 Å². The lowest BCUT2D eigenvalue weighted by Crippen LogP contribution is -2.49. The summed E-state index contributed by atoms with van der Waals surface area (Å²) >= 11 is 0. The summed E-state index contributed by atoms with van der Waals surface area (Å²) in [4.78, 5) is 24.4. The minimum atomic E-state index is -0.274. The number of amides is 1. The summed E-state index contributed by atoms with van der Waals surface area (Å²) in [6, 6.07) is 11.0. The SMILES string of the molecule is CCOC(=O)N1CCN(c2nccc(Nc3ccc(C#N)cc3)n2)CC1. The van der Waals surface area contributed by atoms with Gasteiger partial charge in [0.25, 0.3) is 0 Å². The van der Waals surface area contributed by atoms with Crippen molar-refractivity contribution in [2.75, 3.05) is 43.0 Å². The molecule has 26 heavy (non-hydrogen) atoms. The summed E-state index contributed by atoms with van der Waals surface area (Å²) in [5.41, 5.74) is 1.46. The van der Waals surface area contributed by atoms with Gasteiger partial charge in [0.2, 0.25) is 5.95 Å². The number of anilines is 3. The monoisotopic (exact) mass is 352 g/mol. The lowest BCUT2D eigenvalue weighted by Gasteiger charge is -2.34. The van der Waals surface area contributed by atoms with Crippen molar-refractivity contribution >= 4 is 23.5 Å². The number of hydrogen-bond acceptors (Lipinski definition) is 7. The number of nitrogens with zero attached hydrogens (tertiary/aromatic N) is 5. The lowest BCUT2D eigenvalue weighted by molar-refractivity contribution is 0.105. The highest BCUT2D eigenvalue weighted by Gasteiger charge is 2.23. The second-order valence-corrected chi connectivity index (χ2v) is 5.73. The molecule has 8 heteroatoms. The van der Waals surface area contributed by atoms with Gasteiger partial charge in [-0.05, 0) is 37.3 Å². The molecule has 1 fully saturated rings. The molecule has 8 nitrogen and oxygen atoms in total. The average molecular weight is 352 g/mol. The molecule has 1 saturated heterocycles. The van der Waals surface area contributed by atoms with Crippen LogP contribution in [0.4, 0.5) is 22.2 Å². The normalized spacial score (nSPS) is 13.8. The van der Waals surface area contributed by atoms with Gasteiger partial charge in [0.05, 0.1) is 18.2 Å². The molecule has 1 amide bonds. The van der Waals surface area contributed by atoms with Crippen LogP contribution in [0.5, 0.6) is 0 Å². The van der Waals surface area contributed by atoms with Gasteiger partial charge in [0, 0.05) is 38.1 Å². The molecule has 3 rings (SSSR count). The van der Waals surface area contributed by atoms with Crippen LogP contribution in [-0.4, -0.2) is 53.7 Å². The molecule has 1 aliphatic heterocycles. The molecule has 1 aromatic carbocycles. The number of carbonyl (C=O) groups excluding carboxylic acids is 1. The van der Waals surface area contributed by atoms with Crippen molar-refractivity contribution in [3.63, 3.8) is 0 Å². The van der Waals surface area contributed by atoms with E-state index in [-0.39, 0.29) is 6.09 Å². The smallest absolute Gasteiger partial charge is 0.409 e. The van der Waals surface area contributed by atoms with Crippen LogP contribution in [0.25, 0.3) is 0 Å². The van der Waals surface area contributed by atoms with Gasteiger partial charge in [0.1, 0.15) is 5.82 Å². The Bertz CT molecular complexity index is 794. The van der Waals surface area contributed by atoms with Crippen LogP contribution in [0.1, 0.15) is 12.5 Å². The van der Waals surface area contributed by atoms with E-state index in [0.29, 0.717) is 50.1 Å². The van der Waals surface area contributed by atoms with Crippen LogP contribution < -0.4 is 10.2 Å². The predicted molar refractivity (Wildman–Crippen MR) is 97.3 cm³/mol. The first-order valence-electron chi connectivity index (χ1n) is 8.46. The Labute approximate surface area is 152 Å². The van der Waals surface area contributed by atoms with Crippen molar-refractivity contribution in [1.29, 1.82) is 5.26 Å². The number of nitrogens with one attached hydrogen (secondary N) is 1. The summed E-state index contributed by atoms with van der Waals surface area (Å²) < 4.78 is 5.03. The first-order chi connectivity index (χ1) is 12.7. The number of rotatable bonds is 4. The molecular formula is C18H20N6O2. The maximum absolute atomic E-state index is 11.8. The fourth-order valence-corrected chi connectivity index (χ4v) is 2.65. The first kappa shape index (κ1) is 17.5. The van der Waals surface area contributed by atoms with E-state index in [4.69, 9.17) is 10.00 Å². The van der Waals surface area contributed by atoms with E-state index in [2.05, 4.69) is 21.4 Å². The second kappa shape index (κ2) is 8.16. The quantitative estimate of drug-likeness (QED) is 0.902. The van der Waals surface area contributed by atoms with Crippen molar-refractivity contribution in [3.05, 3.63) is 42.1 Å². The zero-order valence-corrected chi connectivity index (χ0v) is 14.6. The molecule has 2 aromatic rings. The van der Waals surface area contributed by atoms with E-state index in [1.165, 1.54) is 0 Å². The van der Waals surface area contributed by atoms with Gasteiger partial charge in [-0.1, -0.05) is 0 Å². The van der Waals surface area contributed by atoms with Crippen molar-refractivity contribution in [2.45, 2.75) is 6.92 Å². The van der Waals surface area contributed by atoms with Crippen LogP contribution in [0, 0.1) is 11.3 Å². The predicted octanol–water partition coefficient (Wildman–Crippen LogP) is 2.37. The van der Waals surface area contributed by atoms with Crippen molar-refractivity contribution in [1.82, 2.24) is 14.9 Å². The largest absolute Gasteiger partial charge is 0.450 e. The van der Waals surface area contributed by atoms with E-state index < -0.39 is 0 Å². The van der Waals surface area contributed by atoms with E-state index in [1.807, 2.05) is 17.0 Å². The molecule has 1 aromatic heterocycles. The average Bonchev–Trinajstić information content (AvgIpc) is 2.69. The molecule has 0 aliphatic carbocycles. The standard InChI is InChI=1S/C18H20N6O2/c1-2-26-18(25)24-11-9-23(10-12-24)17-20-8-7-16(22-17)21-15-5-3-14(13-19)4-6-15/h3-8H,2,9-12H2,1H3,(H,20,21,22). The molecule has 0 saturated carbocycles. The molecule has 0 radical (unpaired) electrons. The molecular weight excluding hydrogens is 332 g/mol. The number of hydrogen-bond donors (Lipinski definition) is 1. The van der Waals surface area contributed by atoms with Crippen LogP contribution in [0.15, 0.2) is 36.5 Å². The van der Waals surface area contributed by atoms with E-state index in [9.17, 15) is 4.79 Å². The maximum atomic E-state index is 11.8. The summed E-state index contributed by atoms with van der Waals surface area (Å²) in [5, 5.41) is 12.1. The molecule has 1 N–H and O–H groups in total. The molecule has 0 atom stereocenters. The second-order valence-electron chi connectivity index (χ2n) is 5.73. The third-order valence-corrected chi connectivity index (χ3v) is 4.02. The Morgan fingerprint density at radius 1 is 1.23 bits per heavy atom. The Morgan fingerprint density at radius 2 is 1.96 bits per heavy atom. The number of aromatic nitrogens is 2. The van der Waals surface area contributed by atoms with E-state index in [1.54, 1.807) is 36.2 Å². The van der Waals surface area contributed by atoms with Gasteiger partial charge in [-0.2, -0.15) is 10.2 Å². The highest BCUT2D eigenvalue weighted by Crippen LogP contribution is 2.18. The topological polar surface area (TPSA) is 94.4 Å². The minimum Gasteiger partial charge on any atom is -0.450 e. The van der Waals surface area contributed by atoms with Crippen LogP contribution in [0.3, 0.4) is 0 Å². The van der Waals surface area contributed by atoms with Crippen LogP contribution in [0.2, 0.25) is 0 Å². The number of carbonyl (C=O) groups is 1. The van der Waals surface area contributed by atoms with Crippen molar-refractivity contribution in [3.8, 4) is 6.07 Å². The minimum absolute atomic E-state index is 0.274. The summed E-state index contributed by atoms with van der Waals surface area (Å²) in [5.74, 6) is 1.29. The van der Waals surface area contributed by atoms with Gasteiger partial charge in [-0.3, -0.25) is 0 Å². The summed E-state index contributed by atoms with van der Waals surface area (Å²) in [6.07, 6.45) is 1.43. The Morgan fingerprint density at radius 3 is 2.62 bits per heavy atom. The van der Waals surface area contributed by atoms with Gasteiger partial charge in [-0.25, -0.2) is 9.78 Å². The number of ether oxygens (including phenoxy) is 1. The van der Waals surface area contributed by atoms with Crippen molar-refractivity contribution in [2.24, 2.45) is 0 Å². The number of piperazine rings is 1. The van der Waals surface area contributed by atoms with E-state index >= 15 is 0 Å². The Balaban J connectivity index is 1.62. The first-order valence-corrected chi connectivity index (χ1v) is 8.46. The fourth-order valence-electron chi connectivity index (χ4n) is 2.65. The van der Waals surface area contributed by atoms with Crippen LogP contribution in [-0.2, 0) is 4.74 Å². The van der Waals surface area contributed by atoms with Crippen molar-refractivity contribution < 1.29 is 9.53 Å². The van der Waals surface area contributed by atoms with E-state index in [0.717, 1.165) is 5.69 Å². The highest BCUT2D eigenvalue weighted by molar-refractivity contribution is 5.68. The maximum Gasteiger partial charge on any atom is 0.409 e. The molecule has 0 unspecified atom stereocenters. The summed E-state index contributed by atoms with van der Waals surface area (Å²) in [6.45, 7) is 4.64. The van der Waals surface area contributed by atoms with Crippen LogP contribution >= 0.6 is 0 Å². The Hall–Kier alpha value is -3.34. The highest BCUT2D eigenvalue weighted by atomic mass is 16.6. The molecule has 1 aliphatic rings. The molecule has 134 valence electrons. The number of benzene rings is 1.